The molecule has 104 valence electrons. The van der Waals surface area contributed by atoms with Crippen LogP contribution in [0.3, 0.4) is 0 Å². The average molecular weight is 272 g/mol. The molecule has 1 aromatic carbocycles. The van der Waals surface area contributed by atoms with E-state index in [2.05, 4.69) is 36.1 Å². The number of rotatable bonds is 2. The fourth-order valence-electron chi connectivity index (χ4n) is 3.78. The Hall–Kier alpha value is -1.88. The van der Waals surface area contributed by atoms with E-state index in [1.54, 1.807) is 6.08 Å². The van der Waals surface area contributed by atoms with Crippen LogP contribution in [0.15, 0.2) is 36.4 Å². The van der Waals surface area contributed by atoms with E-state index in [9.17, 15) is 10.1 Å². The van der Waals surface area contributed by atoms with Gasteiger partial charge in [-0.25, -0.2) is 0 Å². The summed E-state index contributed by atoms with van der Waals surface area (Å²) in [6, 6.07) is 8.34. The van der Waals surface area contributed by atoms with Gasteiger partial charge in [0, 0.05) is 30.8 Å². The number of nitro groups is 1. The van der Waals surface area contributed by atoms with Crippen LogP contribution in [-0.2, 0) is 4.74 Å². The van der Waals surface area contributed by atoms with Crippen LogP contribution >= 0.6 is 0 Å². The number of ether oxygens (including phenoxy) is 1. The molecule has 0 radical (unpaired) electrons. The number of hydrogen-bond acceptors (Lipinski definition) is 4. The Kier molecular flexibility index (Phi) is 2.27. The first kappa shape index (κ1) is 11.9. The summed E-state index contributed by atoms with van der Waals surface area (Å²) < 4.78 is 5.65. The highest BCUT2D eigenvalue weighted by Crippen LogP contribution is 2.51. The quantitative estimate of drug-likeness (QED) is 0.469. The first-order valence-corrected chi connectivity index (χ1v) is 6.93. The second-order valence-electron chi connectivity index (χ2n) is 5.96. The van der Waals surface area contributed by atoms with Crippen molar-refractivity contribution in [3.8, 4) is 0 Å². The first-order valence-electron chi connectivity index (χ1n) is 6.93. The van der Waals surface area contributed by atoms with Gasteiger partial charge in [-0.3, -0.25) is 10.1 Å². The van der Waals surface area contributed by atoms with Gasteiger partial charge in [-0.2, -0.15) is 0 Å². The van der Waals surface area contributed by atoms with Crippen molar-refractivity contribution >= 4 is 5.69 Å². The molecule has 0 saturated carbocycles. The third-order valence-electron chi connectivity index (χ3n) is 4.85. The Morgan fingerprint density at radius 2 is 2.10 bits per heavy atom. The Labute approximate surface area is 117 Å². The monoisotopic (exact) mass is 272 g/mol. The lowest BCUT2D eigenvalue weighted by molar-refractivity contribution is -0.613. The van der Waals surface area contributed by atoms with E-state index in [0.717, 1.165) is 12.2 Å². The fraction of sp³-hybridized carbons (Fsp3) is 0.467. The van der Waals surface area contributed by atoms with E-state index in [1.165, 1.54) is 5.56 Å². The molecule has 5 heteroatoms. The highest BCUT2D eigenvalue weighted by molar-refractivity contribution is 5.49. The van der Waals surface area contributed by atoms with Gasteiger partial charge in [-0.05, 0) is 25.1 Å². The van der Waals surface area contributed by atoms with Crippen LogP contribution in [0.1, 0.15) is 5.56 Å². The molecule has 3 heterocycles. The lowest BCUT2D eigenvalue weighted by Gasteiger charge is -2.23. The number of benzene rings is 1. The van der Waals surface area contributed by atoms with Gasteiger partial charge in [-0.15, -0.1) is 0 Å². The predicted molar refractivity (Wildman–Crippen MR) is 74.1 cm³/mol. The SMILES string of the molecule is Cc1ccc(N2CC3C4C=CC([N+](=O)[O-])(O4)C3C2)cc1. The van der Waals surface area contributed by atoms with E-state index < -0.39 is 5.72 Å². The predicted octanol–water partition coefficient (Wildman–Crippen LogP) is 1.99. The maximum absolute atomic E-state index is 11.4. The standard InChI is InChI=1S/C15H16N2O3/c1-10-2-4-11(5-3-10)16-8-12-13(9-16)15(17(18)19)7-6-14(12)20-15/h2-7,12-14H,8-9H2,1H3. The molecule has 0 spiro atoms. The molecule has 3 aliphatic rings. The second-order valence-corrected chi connectivity index (χ2v) is 5.96. The molecule has 0 amide bonds. The van der Waals surface area contributed by atoms with Gasteiger partial charge in [-0.1, -0.05) is 17.7 Å². The molecule has 4 atom stereocenters. The highest BCUT2D eigenvalue weighted by atomic mass is 16.7. The topological polar surface area (TPSA) is 55.6 Å². The molecule has 0 aromatic heterocycles. The van der Waals surface area contributed by atoms with Gasteiger partial charge in [0.15, 0.2) is 0 Å². The Balaban J connectivity index is 1.63. The summed E-state index contributed by atoms with van der Waals surface area (Å²) in [5, 5.41) is 11.4. The second kappa shape index (κ2) is 3.82. The van der Waals surface area contributed by atoms with Crippen molar-refractivity contribution in [2.75, 3.05) is 18.0 Å². The van der Waals surface area contributed by atoms with Crippen molar-refractivity contribution in [3.05, 3.63) is 52.1 Å². The summed E-state index contributed by atoms with van der Waals surface area (Å²) in [4.78, 5) is 13.4. The van der Waals surface area contributed by atoms with Gasteiger partial charge < -0.3 is 9.64 Å². The molecule has 4 rings (SSSR count). The molecule has 2 fully saturated rings. The molecule has 0 aliphatic carbocycles. The van der Waals surface area contributed by atoms with Crippen molar-refractivity contribution in [2.45, 2.75) is 18.8 Å². The van der Waals surface area contributed by atoms with Crippen LogP contribution in [0.25, 0.3) is 0 Å². The summed E-state index contributed by atoms with van der Waals surface area (Å²) >= 11 is 0. The Bertz CT molecular complexity index is 598. The van der Waals surface area contributed by atoms with Crippen LogP contribution in [-0.4, -0.2) is 29.8 Å². The van der Waals surface area contributed by atoms with Crippen molar-refractivity contribution in [2.24, 2.45) is 11.8 Å². The number of hydrogen-bond donors (Lipinski definition) is 0. The largest absolute Gasteiger partial charge is 0.370 e. The normalized spacial score (nSPS) is 37.5. The van der Waals surface area contributed by atoms with Gasteiger partial charge in [0.1, 0.15) is 0 Å². The summed E-state index contributed by atoms with van der Waals surface area (Å²) in [7, 11) is 0. The third kappa shape index (κ3) is 1.41. The zero-order chi connectivity index (χ0) is 13.9. The van der Waals surface area contributed by atoms with Gasteiger partial charge in [0.25, 0.3) is 0 Å². The minimum absolute atomic E-state index is 0.0474. The average Bonchev–Trinajstić information content (AvgIpc) is 3.10. The van der Waals surface area contributed by atoms with Crippen LogP contribution < -0.4 is 4.90 Å². The van der Waals surface area contributed by atoms with E-state index in [1.807, 2.05) is 6.08 Å². The van der Waals surface area contributed by atoms with Gasteiger partial charge in [0.2, 0.25) is 0 Å². The van der Waals surface area contributed by atoms with Crippen LogP contribution in [0.4, 0.5) is 5.69 Å². The third-order valence-corrected chi connectivity index (χ3v) is 4.85. The zero-order valence-corrected chi connectivity index (χ0v) is 11.2. The number of nitrogens with zero attached hydrogens (tertiary/aromatic N) is 2. The van der Waals surface area contributed by atoms with E-state index in [-0.39, 0.29) is 22.9 Å². The molecular formula is C15H16N2O3. The molecule has 5 nitrogen and oxygen atoms in total. The summed E-state index contributed by atoms with van der Waals surface area (Å²) in [6.45, 7) is 3.58. The van der Waals surface area contributed by atoms with Crippen LogP contribution in [0.5, 0.6) is 0 Å². The fourth-order valence-corrected chi connectivity index (χ4v) is 3.78. The van der Waals surface area contributed by atoms with E-state index in [0.29, 0.717) is 6.54 Å². The molecular weight excluding hydrogens is 256 g/mol. The van der Waals surface area contributed by atoms with Crippen molar-refractivity contribution in [3.63, 3.8) is 0 Å². The summed E-state index contributed by atoms with van der Waals surface area (Å²) in [5.41, 5.74) is 1.08. The van der Waals surface area contributed by atoms with Gasteiger partial charge in [0.05, 0.1) is 16.9 Å². The lowest BCUT2D eigenvalue weighted by Crippen LogP contribution is -2.43. The smallest absolute Gasteiger partial charge is 0.350 e. The van der Waals surface area contributed by atoms with E-state index >= 15 is 0 Å². The highest BCUT2D eigenvalue weighted by Gasteiger charge is 2.67. The molecule has 0 N–H and O–H groups in total. The molecule has 3 aliphatic heterocycles. The molecule has 4 unspecified atom stereocenters. The number of aryl methyl sites for hydroxylation is 1. The van der Waals surface area contributed by atoms with E-state index in [4.69, 9.17) is 4.74 Å². The Morgan fingerprint density at radius 3 is 2.80 bits per heavy atom. The maximum atomic E-state index is 11.4. The summed E-state index contributed by atoms with van der Waals surface area (Å²) in [6.07, 6.45) is 3.42. The minimum atomic E-state index is -1.28. The van der Waals surface area contributed by atoms with Gasteiger partial charge >= 0.3 is 5.72 Å². The molecule has 2 saturated heterocycles. The van der Waals surface area contributed by atoms with Crippen molar-refractivity contribution in [1.29, 1.82) is 0 Å². The number of fused-ring (bicyclic) bond motifs is 5. The minimum Gasteiger partial charge on any atom is -0.370 e. The maximum Gasteiger partial charge on any atom is 0.350 e. The Morgan fingerprint density at radius 1 is 1.35 bits per heavy atom. The molecule has 20 heavy (non-hydrogen) atoms. The first-order chi connectivity index (χ1) is 9.60. The van der Waals surface area contributed by atoms with Crippen molar-refractivity contribution in [1.82, 2.24) is 0 Å². The molecule has 2 bridgehead atoms. The zero-order valence-electron chi connectivity index (χ0n) is 11.2. The number of anilines is 1. The molecule has 1 aromatic rings. The van der Waals surface area contributed by atoms with Crippen molar-refractivity contribution < 1.29 is 9.66 Å². The van der Waals surface area contributed by atoms with Crippen LogP contribution in [0.2, 0.25) is 0 Å². The van der Waals surface area contributed by atoms with Crippen LogP contribution in [0, 0.1) is 28.9 Å². The lowest BCUT2D eigenvalue weighted by atomic mass is 9.82. The summed E-state index contributed by atoms with van der Waals surface area (Å²) in [5.74, 6) is 0.181.